The third kappa shape index (κ3) is 3.08. The lowest BCUT2D eigenvalue weighted by molar-refractivity contribution is -0.141. The quantitative estimate of drug-likeness (QED) is 0.845. The van der Waals surface area contributed by atoms with Gasteiger partial charge in [-0.15, -0.1) is 11.3 Å². The van der Waals surface area contributed by atoms with Crippen LogP contribution in [0, 0.1) is 5.92 Å². The predicted octanol–water partition coefficient (Wildman–Crippen LogP) is 4.50. The Balaban J connectivity index is 2.31. The summed E-state index contributed by atoms with van der Waals surface area (Å²) in [7, 11) is 0. The first-order valence-electron chi connectivity index (χ1n) is 5.53. The topological polar surface area (TPSA) is 54.4 Å². The van der Waals surface area contributed by atoms with Gasteiger partial charge in [0.25, 0.3) is 0 Å². The number of fused-ring (bicyclic) bond motifs is 1. The lowest BCUT2D eigenvalue weighted by Crippen LogP contribution is -2.13. The van der Waals surface area contributed by atoms with Gasteiger partial charge in [-0.3, -0.25) is 9.59 Å². The van der Waals surface area contributed by atoms with E-state index >= 15 is 0 Å². The van der Waals surface area contributed by atoms with Gasteiger partial charge in [0.15, 0.2) is 5.78 Å². The highest BCUT2D eigenvalue weighted by Crippen LogP contribution is 2.33. The number of Topliss-reactive ketones (excluding diaryl/α,β-unsaturated/α-hetero) is 1. The number of carbonyl (C=O) groups excluding carboxylic acids is 1. The Morgan fingerprint density at radius 1 is 1.26 bits per heavy atom. The number of carboxylic acid groups (broad SMARTS) is 1. The normalized spacial score (nSPS) is 12.6. The van der Waals surface area contributed by atoms with E-state index < -0.39 is 11.9 Å². The van der Waals surface area contributed by atoms with E-state index in [1.807, 2.05) is 0 Å². The molecule has 0 fully saturated rings. The van der Waals surface area contributed by atoms with E-state index in [4.69, 9.17) is 28.3 Å². The van der Waals surface area contributed by atoms with Gasteiger partial charge in [0.2, 0.25) is 0 Å². The predicted molar refractivity (Wildman–Crippen MR) is 77.6 cm³/mol. The molecule has 2 aromatic rings. The summed E-state index contributed by atoms with van der Waals surface area (Å²) in [6.45, 7) is 1.52. The molecule has 2 rings (SSSR count). The summed E-state index contributed by atoms with van der Waals surface area (Å²) in [4.78, 5) is 23.3. The molecule has 1 atom stereocenters. The summed E-state index contributed by atoms with van der Waals surface area (Å²) in [5.74, 6) is -1.84. The zero-order valence-electron chi connectivity index (χ0n) is 9.94. The molecule has 0 unspecified atom stereocenters. The van der Waals surface area contributed by atoms with Crippen molar-refractivity contribution in [1.29, 1.82) is 0 Å². The molecule has 19 heavy (non-hydrogen) atoms. The number of aliphatic carboxylic acids is 1. The van der Waals surface area contributed by atoms with Gasteiger partial charge in [-0.1, -0.05) is 30.1 Å². The SMILES string of the molecule is C[C@@H](CC(=O)c1cc2cc(Cl)c(Cl)cc2s1)C(=O)O. The van der Waals surface area contributed by atoms with E-state index in [2.05, 4.69) is 0 Å². The van der Waals surface area contributed by atoms with Crippen LogP contribution in [0.4, 0.5) is 0 Å². The maximum atomic E-state index is 12.0. The number of carbonyl (C=O) groups is 2. The second-order valence-electron chi connectivity index (χ2n) is 4.28. The minimum atomic E-state index is -0.972. The van der Waals surface area contributed by atoms with Gasteiger partial charge in [0.1, 0.15) is 0 Å². The van der Waals surface area contributed by atoms with Crippen LogP contribution in [-0.2, 0) is 4.79 Å². The number of hydrogen-bond acceptors (Lipinski definition) is 3. The smallest absolute Gasteiger partial charge is 0.306 e. The third-order valence-corrected chi connectivity index (χ3v) is 4.61. The van der Waals surface area contributed by atoms with Crippen molar-refractivity contribution >= 4 is 56.4 Å². The van der Waals surface area contributed by atoms with E-state index in [0.29, 0.717) is 14.9 Å². The molecule has 1 aromatic heterocycles. The highest BCUT2D eigenvalue weighted by atomic mass is 35.5. The number of benzene rings is 1. The van der Waals surface area contributed by atoms with E-state index in [9.17, 15) is 9.59 Å². The van der Waals surface area contributed by atoms with E-state index in [-0.39, 0.29) is 12.2 Å². The van der Waals surface area contributed by atoms with E-state index in [1.54, 1.807) is 18.2 Å². The third-order valence-electron chi connectivity index (χ3n) is 2.75. The Kier molecular flexibility index (Phi) is 4.13. The van der Waals surface area contributed by atoms with Crippen molar-refractivity contribution in [3.63, 3.8) is 0 Å². The first-order chi connectivity index (χ1) is 8.88. The second-order valence-corrected chi connectivity index (χ2v) is 6.18. The van der Waals surface area contributed by atoms with Gasteiger partial charge in [-0.25, -0.2) is 0 Å². The molecule has 0 aliphatic carbocycles. The van der Waals surface area contributed by atoms with Gasteiger partial charge in [-0.05, 0) is 23.6 Å². The maximum Gasteiger partial charge on any atom is 0.306 e. The molecule has 0 spiro atoms. The Labute approximate surface area is 123 Å². The number of carboxylic acids is 1. The molecule has 6 heteroatoms. The minimum absolute atomic E-state index is 0.0103. The highest BCUT2D eigenvalue weighted by molar-refractivity contribution is 7.20. The van der Waals surface area contributed by atoms with Crippen LogP contribution < -0.4 is 0 Å². The fourth-order valence-electron chi connectivity index (χ4n) is 1.64. The fourth-order valence-corrected chi connectivity index (χ4v) is 3.07. The highest BCUT2D eigenvalue weighted by Gasteiger charge is 2.19. The Hall–Kier alpha value is -1.10. The van der Waals surface area contributed by atoms with Crippen molar-refractivity contribution in [1.82, 2.24) is 0 Å². The number of hydrogen-bond donors (Lipinski definition) is 1. The zero-order valence-corrected chi connectivity index (χ0v) is 12.3. The fraction of sp³-hybridized carbons (Fsp3) is 0.231. The summed E-state index contributed by atoms with van der Waals surface area (Å²) in [6.07, 6.45) is -0.0103. The van der Waals surface area contributed by atoms with Crippen molar-refractivity contribution in [2.45, 2.75) is 13.3 Å². The largest absolute Gasteiger partial charge is 0.481 e. The first kappa shape index (κ1) is 14.3. The molecule has 0 saturated carbocycles. The monoisotopic (exact) mass is 316 g/mol. The van der Waals surface area contributed by atoms with Crippen molar-refractivity contribution in [3.8, 4) is 0 Å². The van der Waals surface area contributed by atoms with Gasteiger partial charge in [0, 0.05) is 11.1 Å². The van der Waals surface area contributed by atoms with Gasteiger partial charge in [-0.2, -0.15) is 0 Å². The molecule has 1 aromatic carbocycles. The van der Waals surface area contributed by atoms with E-state index in [1.165, 1.54) is 18.3 Å². The molecule has 0 saturated heterocycles. The maximum absolute atomic E-state index is 12.0. The van der Waals surface area contributed by atoms with Crippen molar-refractivity contribution < 1.29 is 14.7 Å². The Morgan fingerprint density at radius 2 is 1.89 bits per heavy atom. The van der Waals surface area contributed by atoms with Crippen LogP contribution in [0.25, 0.3) is 10.1 Å². The minimum Gasteiger partial charge on any atom is -0.481 e. The van der Waals surface area contributed by atoms with Crippen LogP contribution >= 0.6 is 34.5 Å². The average molecular weight is 317 g/mol. The molecule has 1 heterocycles. The summed E-state index contributed by atoms with van der Waals surface area (Å²) in [5, 5.41) is 10.5. The lowest BCUT2D eigenvalue weighted by atomic mass is 10.0. The number of thiophene rings is 1. The Bertz CT molecular complexity index is 624. The van der Waals surface area contributed by atoms with Crippen LogP contribution in [-0.4, -0.2) is 16.9 Å². The molecule has 0 aliphatic rings. The second kappa shape index (κ2) is 5.49. The molecule has 0 amide bonds. The number of ketones is 1. The molecule has 0 aliphatic heterocycles. The average Bonchev–Trinajstić information content (AvgIpc) is 2.72. The summed E-state index contributed by atoms with van der Waals surface area (Å²) in [6, 6.07) is 5.13. The summed E-state index contributed by atoms with van der Waals surface area (Å²) in [5.41, 5.74) is 0. The van der Waals surface area contributed by atoms with Crippen molar-refractivity contribution in [2.24, 2.45) is 5.92 Å². The molecule has 3 nitrogen and oxygen atoms in total. The van der Waals surface area contributed by atoms with Crippen LogP contribution in [0.5, 0.6) is 0 Å². The number of rotatable bonds is 4. The van der Waals surface area contributed by atoms with Crippen molar-refractivity contribution in [3.05, 3.63) is 33.1 Å². The molecule has 0 radical (unpaired) electrons. The molecular weight excluding hydrogens is 307 g/mol. The molecular formula is C13H10Cl2O3S. The van der Waals surface area contributed by atoms with E-state index in [0.717, 1.165) is 10.1 Å². The van der Waals surface area contributed by atoms with Gasteiger partial charge in [0.05, 0.1) is 20.8 Å². The van der Waals surface area contributed by atoms with Crippen molar-refractivity contribution in [2.75, 3.05) is 0 Å². The standard InChI is InChI=1S/C13H10Cl2O3S/c1-6(13(17)18)2-10(16)12-4-7-3-8(14)9(15)5-11(7)19-12/h3-6H,2H2,1H3,(H,17,18)/t6-/m0/s1. The molecule has 1 N–H and O–H groups in total. The van der Waals surface area contributed by atoms with Crippen LogP contribution in [0.3, 0.4) is 0 Å². The molecule has 0 bridgehead atoms. The number of halogens is 2. The lowest BCUT2D eigenvalue weighted by Gasteiger charge is -2.02. The van der Waals surface area contributed by atoms with Gasteiger partial charge >= 0.3 is 5.97 Å². The Morgan fingerprint density at radius 3 is 2.53 bits per heavy atom. The summed E-state index contributed by atoms with van der Waals surface area (Å²) >= 11 is 13.1. The van der Waals surface area contributed by atoms with Crippen LogP contribution in [0.15, 0.2) is 18.2 Å². The van der Waals surface area contributed by atoms with Crippen LogP contribution in [0.1, 0.15) is 23.0 Å². The first-order valence-corrected chi connectivity index (χ1v) is 7.10. The zero-order chi connectivity index (χ0) is 14.2. The van der Waals surface area contributed by atoms with Gasteiger partial charge < -0.3 is 5.11 Å². The van der Waals surface area contributed by atoms with Crippen LogP contribution in [0.2, 0.25) is 10.0 Å². The molecule has 100 valence electrons. The summed E-state index contributed by atoms with van der Waals surface area (Å²) < 4.78 is 0.862.